The number of benzene rings is 14. The van der Waals surface area contributed by atoms with E-state index in [1.54, 1.807) is 0 Å². The van der Waals surface area contributed by atoms with Crippen molar-refractivity contribution < 1.29 is 0 Å². The van der Waals surface area contributed by atoms with Crippen molar-refractivity contribution in [2.75, 3.05) is 4.90 Å². The van der Waals surface area contributed by atoms with E-state index in [0.717, 1.165) is 117 Å². The Balaban J connectivity index is 0.728. The molecular formula is C90H59N9. The van der Waals surface area contributed by atoms with Crippen LogP contribution in [0.2, 0.25) is 0 Å². The fourth-order valence-corrected chi connectivity index (χ4v) is 13.7. The molecule has 0 saturated heterocycles. The molecule has 0 amide bonds. The van der Waals surface area contributed by atoms with Gasteiger partial charge in [-0.05, 0) is 143 Å². The minimum absolute atomic E-state index is 0.609. The molecule has 0 aliphatic heterocycles. The molecule has 0 aliphatic rings. The van der Waals surface area contributed by atoms with E-state index in [9.17, 15) is 0 Å². The van der Waals surface area contributed by atoms with E-state index in [1.807, 2.05) is 121 Å². The van der Waals surface area contributed by atoms with Crippen LogP contribution in [0.5, 0.6) is 0 Å². The second kappa shape index (κ2) is 25.0. The lowest BCUT2D eigenvalue weighted by atomic mass is 9.98. The SMILES string of the molecule is c1ccc(-c2ccc(-c3ccc(-c4ccc(N(c5ccc6c(c5)c5ccccc5n6-c5ccc(-c6nc(-c7ccccc7)nc(-c7ccccc7)n6)cc5)c5ccc6c(c5)c5ccccc5n6-c5ccc(-c6nc(-c7ccccc7)nc(-c7ccccc7)n6)cc5)cc4)cc3)cc2)cc1. The highest BCUT2D eigenvalue weighted by molar-refractivity contribution is 6.13. The van der Waals surface area contributed by atoms with Crippen LogP contribution in [0.4, 0.5) is 17.1 Å². The molecule has 9 nitrogen and oxygen atoms in total. The van der Waals surface area contributed by atoms with Gasteiger partial charge in [-0.15, -0.1) is 0 Å². The maximum atomic E-state index is 5.05. The van der Waals surface area contributed by atoms with Gasteiger partial charge in [0.2, 0.25) is 0 Å². The molecule has 18 aromatic rings. The number of hydrogen-bond acceptors (Lipinski definition) is 7. The number of para-hydroxylation sites is 2. The summed E-state index contributed by atoms with van der Waals surface area (Å²) in [6.07, 6.45) is 0. The second-order valence-electron chi connectivity index (χ2n) is 24.7. The highest BCUT2D eigenvalue weighted by atomic mass is 15.1. The number of fused-ring (bicyclic) bond motifs is 6. The Morgan fingerprint density at radius 2 is 0.394 bits per heavy atom. The standard InChI is InChI=1S/C90H59N9/c1-6-20-60(21-7-1)61-34-36-62(37-35-61)63-38-40-64(41-39-63)65-42-48-72(49-43-65)97(75-54-56-83-79(58-75)77-30-16-18-32-81(77)98(83)73-50-44-70(45-51-73)89-93-85(66-22-8-2-9-23-66)91-86(94-89)67-24-10-3-11-25-67)76-55-57-84-80(59-76)78-31-17-19-33-82(78)99(84)74-52-46-71(47-53-74)90-95-87(68-26-12-4-13-27-68)92-88(96-90)69-28-14-5-15-29-69/h1-59H. The zero-order valence-corrected chi connectivity index (χ0v) is 53.6. The van der Waals surface area contributed by atoms with Crippen molar-refractivity contribution in [3.63, 3.8) is 0 Å². The van der Waals surface area contributed by atoms with Gasteiger partial charge < -0.3 is 14.0 Å². The molecule has 14 aromatic carbocycles. The van der Waals surface area contributed by atoms with Gasteiger partial charge >= 0.3 is 0 Å². The molecule has 0 unspecified atom stereocenters. The lowest BCUT2D eigenvalue weighted by Gasteiger charge is -2.26. The average molecular weight is 1270 g/mol. The summed E-state index contributed by atoms with van der Waals surface area (Å²) in [5.41, 5.74) is 22.1. The van der Waals surface area contributed by atoms with Crippen LogP contribution in [-0.4, -0.2) is 39.0 Å². The zero-order chi connectivity index (χ0) is 65.6. The van der Waals surface area contributed by atoms with Crippen molar-refractivity contribution in [1.29, 1.82) is 0 Å². The Kier molecular flexibility index (Phi) is 14.7. The van der Waals surface area contributed by atoms with E-state index in [0.29, 0.717) is 34.9 Å². The second-order valence-corrected chi connectivity index (χ2v) is 24.7. The highest BCUT2D eigenvalue weighted by Gasteiger charge is 2.22. The van der Waals surface area contributed by atoms with E-state index >= 15 is 0 Å². The first-order valence-corrected chi connectivity index (χ1v) is 33.2. The molecule has 4 aromatic heterocycles. The zero-order valence-electron chi connectivity index (χ0n) is 53.6. The molecule has 9 heteroatoms. The van der Waals surface area contributed by atoms with Crippen molar-refractivity contribution in [3.05, 3.63) is 358 Å². The van der Waals surface area contributed by atoms with E-state index in [-0.39, 0.29) is 0 Å². The van der Waals surface area contributed by atoms with E-state index in [1.165, 1.54) is 22.3 Å². The maximum absolute atomic E-state index is 5.05. The number of hydrogen-bond donors (Lipinski definition) is 0. The predicted octanol–water partition coefficient (Wildman–Crippen LogP) is 22.7. The fraction of sp³-hybridized carbons (Fsp3) is 0. The Bertz CT molecular complexity index is 5560. The number of rotatable bonds is 14. The van der Waals surface area contributed by atoms with Crippen LogP contribution < -0.4 is 4.90 Å². The molecular weight excluding hydrogens is 1210 g/mol. The minimum Gasteiger partial charge on any atom is -0.310 e. The predicted molar refractivity (Wildman–Crippen MR) is 405 cm³/mol. The Morgan fingerprint density at radius 3 is 0.707 bits per heavy atom. The Morgan fingerprint density at radius 1 is 0.172 bits per heavy atom. The van der Waals surface area contributed by atoms with Crippen LogP contribution in [-0.2, 0) is 0 Å². The quantitative estimate of drug-likeness (QED) is 0.107. The smallest absolute Gasteiger partial charge is 0.164 e. The minimum atomic E-state index is 0.609. The number of anilines is 3. The molecule has 0 spiro atoms. The van der Waals surface area contributed by atoms with Gasteiger partial charge in [-0.2, -0.15) is 0 Å². The monoisotopic (exact) mass is 1270 g/mol. The van der Waals surface area contributed by atoms with Gasteiger partial charge in [0, 0.05) is 83.4 Å². The van der Waals surface area contributed by atoms with Crippen molar-refractivity contribution in [1.82, 2.24) is 39.0 Å². The van der Waals surface area contributed by atoms with Crippen LogP contribution in [0.15, 0.2) is 358 Å². The van der Waals surface area contributed by atoms with Crippen molar-refractivity contribution in [2.24, 2.45) is 0 Å². The normalized spacial score (nSPS) is 11.4. The average Bonchev–Trinajstić information content (AvgIpc) is 1.60. The van der Waals surface area contributed by atoms with Crippen LogP contribution >= 0.6 is 0 Å². The molecule has 0 atom stereocenters. The van der Waals surface area contributed by atoms with Gasteiger partial charge in [0.1, 0.15) is 0 Å². The van der Waals surface area contributed by atoms with Crippen LogP contribution in [0.1, 0.15) is 0 Å². The van der Waals surface area contributed by atoms with Crippen molar-refractivity contribution in [3.8, 4) is 113 Å². The lowest BCUT2D eigenvalue weighted by molar-refractivity contribution is 1.07. The third kappa shape index (κ3) is 11.0. The summed E-state index contributed by atoms with van der Waals surface area (Å²) in [4.78, 5) is 32.5. The van der Waals surface area contributed by atoms with Gasteiger partial charge in [0.25, 0.3) is 0 Å². The topological polar surface area (TPSA) is 90.4 Å². The Hall–Kier alpha value is -13.5. The Labute approximate surface area is 572 Å². The largest absolute Gasteiger partial charge is 0.310 e. The van der Waals surface area contributed by atoms with Crippen LogP contribution in [0.25, 0.3) is 157 Å². The molecule has 0 fully saturated rings. The third-order valence-corrected chi connectivity index (χ3v) is 18.7. The van der Waals surface area contributed by atoms with Gasteiger partial charge in [-0.3, -0.25) is 0 Å². The summed E-state index contributed by atoms with van der Waals surface area (Å²) < 4.78 is 4.73. The number of nitrogens with zero attached hydrogens (tertiary/aromatic N) is 9. The summed E-state index contributed by atoms with van der Waals surface area (Å²) in [7, 11) is 0. The molecule has 0 aliphatic carbocycles. The molecule has 0 N–H and O–H groups in total. The molecule has 0 bridgehead atoms. The summed E-state index contributed by atoms with van der Waals surface area (Å²) in [5, 5.41) is 4.56. The summed E-state index contributed by atoms with van der Waals surface area (Å²) >= 11 is 0. The van der Waals surface area contributed by atoms with E-state index < -0.39 is 0 Å². The van der Waals surface area contributed by atoms with Crippen LogP contribution in [0.3, 0.4) is 0 Å². The first kappa shape index (κ1) is 58.1. The molecule has 4 heterocycles. The summed E-state index contributed by atoms with van der Waals surface area (Å²) in [6.45, 7) is 0. The van der Waals surface area contributed by atoms with Gasteiger partial charge in [0.15, 0.2) is 34.9 Å². The molecule has 0 saturated carbocycles. The third-order valence-electron chi connectivity index (χ3n) is 18.7. The molecule has 99 heavy (non-hydrogen) atoms. The van der Waals surface area contributed by atoms with Gasteiger partial charge in [-0.25, -0.2) is 29.9 Å². The van der Waals surface area contributed by atoms with Crippen molar-refractivity contribution in [2.45, 2.75) is 0 Å². The summed E-state index contributed by atoms with van der Waals surface area (Å²) in [6, 6.07) is 126. The lowest BCUT2D eigenvalue weighted by Crippen LogP contribution is -2.10. The first-order chi connectivity index (χ1) is 49.0. The van der Waals surface area contributed by atoms with E-state index in [2.05, 4.69) is 251 Å². The molecule has 464 valence electrons. The maximum Gasteiger partial charge on any atom is 0.164 e. The molecule has 0 radical (unpaired) electrons. The van der Waals surface area contributed by atoms with Crippen LogP contribution in [0, 0.1) is 0 Å². The van der Waals surface area contributed by atoms with Gasteiger partial charge in [0.05, 0.1) is 22.1 Å². The number of aromatic nitrogens is 8. The van der Waals surface area contributed by atoms with Gasteiger partial charge in [-0.1, -0.05) is 249 Å². The first-order valence-electron chi connectivity index (χ1n) is 33.2. The fourth-order valence-electron chi connectivity index (χ4n) is 13.7. The van der Waals surface area contributed by atoms with E-state index in [4.69, 9.17) is 29.9 Å². The summed E-state index contributed by atoms with van der Waals surface area (Å²) in [5.74, 6) is 3.72. The highest BCUT2D eigenvalue weighted by Crippen LogP contribution is 2.44. The molecule has 18 rings (SSSR count). The van der Waals surface area contributed by atoms with Crippen molar-refractivity contribution >= 4 is 60.7 Å².